The molecule has 1 aliphatic carbocycles. The Morgan fingerprint density at radius 1 is 1.57 bits per heavy atom. The van der Waals surface area contributed by atoms with Crippen LogP contribution >= 0.6 is 0 Å². The van der Waals surface area contributed by atoms with E-state index in [-0.39, 0.29) is 6.10 Å². The first kappa shape index (κ1) is 9.46. The van der Waals surface area contributed by atoms with Crippen molar-refractivity contribution in [1.82, 2.24) is 4.98 Å². The van der Waals surface area contributed by atoms with Crippen molar-refractivity contribution >= 4 is 0 Å². The number of methoxy groups -OCH3 is 1. The lowest BCUT2D eigenvalue weighted by Crippen LogP contribution is -2.12. The lowest BCUT2D eigenvalue weighted by atomic mass is 9.93. The van der Waals surface area contributed by atoms with Crippen molar-refractivity contribution in [3.63, 3.8) is 0 Å². The maximum Gasteiger partial charge on any atom is 0.140 e. The van der Waals surface area contributed by atoms with Crippen LogP contribution in [0, 0.1) is 6.92 Å². The largest absolute Gasteiger partial charge is 0.495 e. The van der Waals surface area contributed by atoms with Crippen LogP contribution in [0.3, 0.4) is 0 Å². The molecule has 0 saturated heterocycles. The highest BCUT2D eigenvalue weighted by atomic mass is 16.5. The van der Waals surface area contributed by atoms with Crippen molar-refractivity contribution < 1.29 is 9.84 Å². The number of ether oxygens (including phenoxy) is 1. The normalized spacial score (nSPS) is 20.4. The minimum absolute atomic E-state index is 0.386. The van der Waals surface area contributed by atoms with Gasteiger partial charge in [-0.15, -0.1) is 0 Å². The summed E-state index contributed by atoms with van der Waals surface area (Å²) in [5.74, 6) is 0.817. The number of aliphatic hydroxyl groups is 1. The van der Waals surface area contributed by atoms with Gasteiger partial charge >= 0.3 is 0 Å². The van der Waals surface area contributed by atoms with Gasteiger partial charge in [0, 0.05) is 0 Å². The number of aromatic nitrogens is 1. The van der Waals surface area contributed by atoms with Gasteiger partial charge in [-0.25, -0.2) is 0 Å². The van der Waals surface area contributed by atoms with Crippen LogP contribution in [0.25, 0.3) is 0 Å². The van der Waals surface area contributed by atoms with Gasteiger partial charge in [0.05, 0.1) is 24.6 Å². The van der Waals surface area contributed by atoms with Gasteiger partial charge in [0.15, 0.2) is 0 Å². The zero-order valence-corrected chi connectivity index (χ0v) is 8.58. The van der Waals surface area contributed by atoms with E-state index in [0.717, 1.165) is 42.0 Å². The van der Waals surface area contributed by atoms with Crippen molar-refractivity contribution in [3.05, 3.63) is 23.0 Å². The Morgan fingerprint density at radius 3 is 3.07 bits per heavy atom. The van der Waals surface area contributed by atoms with E-state index in [1.54, 1.807) is 7.11 Å². The molecule has 0 aliphatic heterocycles. The van der Waals surface area contributed by atoms with Crippen molar-refractivity contribution in [1.29, 1.82) is 0 Å². The first-order valence-electron chi connectivity index (χ1n) is 4.95. The number of nitrogens with zero attached hydrogens (tertiary/aromatic N) is 1. The second kappa shape index (κ2) is 3.58. The molecular formula is C11H15NO2. The highest BCUT2D eigenvalue weighted by Gasteiger charge is 2.20. The van der Waals surface area contributed by atoms with E-state index in [9.17, 15) is 5.11 Å². The molecule has 1 aromatic heterocycles. The molecule has 0 fully saturated rings. The summed E-state index contributed by atoms with van der Waals surface area (Å²) in [5, 5.41) is 9.75. The lowest BCUT2D eigenvalue weighted by molar-refractivity contribution is 0.151. The fourth-order valence-electron chi connectivity index (χ4n) is 1.96. The van der Waals surface area contributed by atoms with E-state index in [2.05, 4.69) is 4.98 Å². The molecule has 0 amide bonds. The number of pyridine rings is 1. The number of rotatable bonds is 1. The molecule has 0 aromatic carbocycles. The van der Waals surface area contributed by atoms with Gasteiger partial charge in [-0.1, -0.05) is 0 Å². The molecule has 76 valence electrons. The second-order valence-electron chi connectivity index (χ2n) is 3.73. The first-order chi connectivity index (χ1) is 6.72. The van der Waals surface area contributed by atoms with Crippen molar-refractivity contribution in [3.8, 4) is 5.75 Å². The minimum Gasteiger partial charge on any atom is -0.495 e. The third kappa shape index (κ3) is 1.48. The van der Waals surface area contributed by atoms with Crippen LogP contribution in [-0.2, 0) is 6.42 Å². The summed E-state index contributed by atoms with van der Waals surface area (Å²) in [7, 11) is 1.65. The molecule has 0 bridgehead atoms. The summed E-state index contributed by atoms with van der Waals surface area (Å²) < 4.78 is 5.20. The van der Waals surface area contributed by atoms with Crippen LogP contribution in [-0.4, -0.2) is 17.2 Å². The van der Waals surface area contributed by atoms with Crippen LogP contribution < -0.4 is 4.74 Å². The van der Waals surface area contributed by atoms with Crippen LogP contribution in [0.5, 0.6) is 5.75 Å². The van der Waals surface area contributed by atoms with Gasteiger partial charge in [-0.3, -0.25) is 4.98 Å². The van der Waals surface area contributed by atoms with Gasteiger partial charge in [0.2, 0.25) is 0 Å². The average molecular weight is 193 g/mol. The molecule has 14 heavy (non-hydrogen) atoms. The lowest BCUT2D eigenvalue weighted by Gasteiger charge is -2.21. The Balaban J connectivity index is 2.48. The Morgan fingerprint density at radius 2 is 2.36 bits per heavy atom. The molecule has 0 saturated carbocycles. The topological polar surface area (TPSA) is 42.4 Å². The zero-order valence-electron chi connectivity index (χ0n) is 8.58. The Bertz CT molecular complexity index is 349. The molecular weight excluding hydrogens is 178 g/mol. The maximum atomic E-state index is 9.75. The average Bonchev–Trinajstić information content (AvgIpc) is 2.19. The van der Waals surface area contributed by atoms with Crippen LogP contribution in [0.1, 0.15) is 35.9 Å². The van der Waals surface area contributed by atoms with Crippen LogP contribution in [0.2, 0.25) is 0 Å². The SMILES string of the molecule is COc1cc2c(nc1C)C(O)CCC2. The molecule has 0 spiro atoms. The summed E-state index contributed by atoms with van der Waals surface area (Å²) in [6.45, 7) is 1.90. The molecule has 1 unspecified atom stereocenters. The van der Waals surface area contributed by atoms with E-state index in [0.29, 0.717) is 0 Å². The van der Waals surface area contributed by atoms with E-state index >= 15 is 0 Å². The fraction of sp³-hybridized carbons (Fsp3) is 0.545. The van der Waals surface area contributed by atoms with Gasteiger partial charge in [-0.2, -0.15) is 0 Å². The Labute approximate surface area is 83.7 Å². The van der Waals surface area contributed by atoms with Crippen molar-refractivity contribution in [2.45, 2.75) is 32.3 Å². The summed E-state index contributed by atoms with van der Waals surface area (Å²) >= 11 is 0. The Hall–Kier alpha value is -1.09. The second-order valence-corrected chi connectivity index (χ2v) is 3.73. The third-order valence-corrected chi connectivity index (χ3v) is 2.74. The quantitative estimate of drug-likeness (QED) is 0.739. The predicted molar refractivity (Wildman–Crippen MR) is 53.4 cm³/mol. The van der Waals surface area contributed by atoms with E-state index in [4.69, 9.17) is 4.74 Å². The summed E-state index contributed by atoms with van der Waals surface area (Å²) in [5.41, 5.74) is 2.83. The van der Waals surface area contributed by atoms with Gasteiger partial charge in [0.1, 0.15) is 5.75 Å². The molecule has 2 rings (SSSR count). The summed E-state index contributed by atoms with van der Waals surface area (Å²) in [6, 6.07) is 2.00. The molecule has 3 nitrogen and oxygen atoms in total. The molecule has 0 radical (unpaired) electrons. The van der Waals surface area contributed by atoms with Gasteiger partial charge in [-0.05, 0) is 37.8 Å². The third-order valence-electron chi connectivity index (χ3n) is 2.74. The molecule has 1 N–H and O–H groups in total. The molecule has 1 atom stereocenters. The molecule has 1 heterocycles. The van der Waals surface area contributed by atoms with Crippen LogP contribution in [0.15, 0.2) is 6.07 Å². The van der Waals surface area contributed by atoms with E-state index in [1.165, 1.54) is 0 Å². The molecule has 1 aromatic rings. The smallest absolute Gasteiger partial charge is 0.140 e. The first-order valence-corrected chi connectivity index (χ1v) is 4.95. The number of hydrogen-bond donors (Lipinski definition) is 1. The van der Waals surface area contributed by atoms with E-state index in [1.807, 2.05) is 13.0 Å². The Kier molecular flexibility index (Phi) is 2.42. The molecule has 1 aliphatic rings. The number of fused-ring (bicyclic) bond motifs is 1. The number of aliphatic hydroxyl groups excluding tert-OH is 1. The number of aryl methyl sites for hydroxylation is 2. The van der Waals surface area contributed by atoms with Crippen LogP contribution in [0.4, 0.5) is 0 Å². The summed E-state index contributed by atoms with van der Waals surface area (Å²) in [6.07, 6.45) is 2.47. The standard InChI is InChI=1S/C11H15NO2/c1-7-10(14-2)6-8-4-3-5-9(13)11(8)12-7/h6,9,13H,3-5H2,1-2H3. The number of hydrogen-bond acceptors (Lipinski definition) is 3. The predicted octanol–water partition coefficient (Wildman–Crippen LogP) is 1.77. The molecule has 3 heteroatoms. The highest BCUT2D eigenvalue weighted by molar-refractivity contribution is 5.37. The van der Waals surface area contributed by atoms with Gasteiger partial charge < -0.3 is 9.84 Å². The maximum absolute atomic E-state index is 9.75. The van der Waals surface area contributed by atoms with Crippen molar-refractivity contribution in [2.75, 3.05) is 7.11 Å². The van der Waals surface area contributed by atoms with Crippen molar-refractivity contribution in [2.24, 2.45) is 0 Å². The minimum atomic E-state index is -0.386. The zero-order chi connectivity index (χ0) is 10.1. The van der Waals surface area contributed by atoms with Gasteiger partial charge in [0.25, 0.3) is 0 Å². The summed E-state index contributed by atoms with van der Waals surface area (Å²) in [4.78, 5) is 4.39. The fourth-order valence-corrected chi connectivity index (χ4v) is 1.96. The highest BCUT2D eigenvalue weighted by Crippen LogP contribution is 2.31. The van der Waals surface area contributed by atoms with E-state index < -0.39 is 0 Å². The monoisotopic (exact) mass is 193 g/mol.